The van der Waals surface area contributed by atoms with E-state index in [1.54, 1.807) is 0 Å². The van der Waals surface area contributed by atoms with Gasteiger partial charge in [0.1, 0.15) is 6.54 Å². The smallest absolute Gasteiger partial charge is 0.325 e. The first kappa shape index (κ1) is 13.2. The van der Waals surface area contributed by atoms with E-state index in [-0.39, 0.29) is 30.8 Å². The summed E-state index contributed by atoms with van der Waals surface area (Å²) in [5, 5.41) is 2.97. The molecule has 1 heterocycles. The average molecular weight is 223 g/mol. The van der Waals surface area contributed by atoms with Crippen molar-refractivity contribution < 1.29 is 14.3 Å². The van der Waals surface area contributed by atoms with Gasteiger partial charge in [0.05, 0.1) is 13.7 Å². The fourth-order valence-electron chi connectivity index (χ4n) is 1.21. The molecule has 0 radical (unpaired) electrons. The second-order valence-electron chi connectivity index (χ2n) is 2.92. The number of nitrogens with zero attached hydrogens (tertiary/aromatic N) is 1. The maximum Gasteiger partial charge on any atom is 0.325 e. The van der Waals surface area contributed by atoms with Crippen LogP contribution in [0.15, 0.2) is 0 Å². The van der Waals surface area contributed by atoms with Gasteiger partial charge in [-0.25, -0.2) is 0 Å². The van der Waals surface area contributed by atoms with E-state index in [1.807, 2.05) is 0 Å². The van der Waals surface area contributed by atoms with Crippen LogP contribution in [-0.2, 0) is 14.3 Å². The molecule has 0 aromatic carbocycles. The number of hydrogen-bond acceptors (Lipinski definition) is 4. The van der Waals surface area contributed by atoms with Crippen LogP contribution in [0.5, 0.6) is 0 Å². The molecule has 0 unspecified atom stereocenters. The van der Waals surface area contributed by atoms with Crippen LogP contribution in [0.3, 0.4) is 0 Å². The van der Waals surface area contributed by atoms with Crippen LogP contribution in [0.4, 0.5) is 0 Å². The minimum absolute atomic E-state index is 0. The van der Waals surface area contributed by atoms with Crippen molar-refractivity contribution in [3.63, 3.8) is 0 Å². The zero-order valence-corrected chi connectivity index (χ0v) is 8.93. The Labute approximate surface area is 89.2 Å². The topological polar surface area (TPSA) is 58.6 Å². The van der Waals surface area contributed by atoms with Gasteiger partial charge in [-0.15, -0.1) is 12.4 Å². The van der Waals surface area contributed by atoms with Crippen molar-refractivity contribution in [2.75, 3.05) is 33.3 Å². The molecule has 6 heteroatoms. The van der Waals surface area contributed by atoms with Crippen molar-refractivity contribution in [2.45, 2.75) is 6.42 Å². The number of esters is 1. The third-order valence-electron chi connectivity index (χ3n) is 1.96. The number of carbonyl (C=O) groups excluding carboxylic acids is 2. The van der Waals surface area contributed by atoms with E-state index in [1.165, 1.54) is 12.0 Å². The summed E-state index contributed by atoms with van der Waals surface area (Å²) in [7, 11) is 1.32. The maximum atomic E-state index is 11.3. The number of methoxy groups -OCH3 is 1. The minimum atomic E-state index is -0.366. The Bertz CT molecular complexity index is 211. The molecule has 1 N–H and O–H groups in total. The van der Waals surface area contributed by atoms with Crippen LogP contribution in [0.1, 0.15) is 6.42 Å². The molecule has 0 aromatic rings. The number of hydrogen-bond donors (Lipinski definition) is 1. The van der Waals surface area contributed by atoms with Crippen LogP contribution >= 0.6 is 12.4 Å². The molecule has 1 amide bonds. The third-order valence-corrected chi connectivity index (χ3v) is 1.96. The second-order valence-corrected chi connectivity index (χ2v) is 2.92. The van der Waals surface area contributed by atoms with E-state index < -0.39 is 0 Å². The largest absolute Gasteiger partial charge is 0.468 e. The first-order valence-electron chi connectivity index (χ1n) is 4.29. The van der Waals surface area contributed by atoms with Gasteiger partial charge < -0.3 is 15.0 Å². The standard InChI is InChI=1S/C8H14N2O3.ClH/c1-13-8(12)6-10-4-2-3-9-5-7(10)11;/h9H,2-6H2,1H3;1H. The molecule has 1 aliphatic heterocycles. The Morgan fingerprint density at radius 3 is 3.00 bits per heavy atom. The van der Waals surface area contributed by atoms with Gasteiger partial charge in [0.2, 0.25) is 5.91 Å². The van der Waals surface area contributed by atoms with E-state index in [4.69, 9.17) is 0 Å². The second kappa shape index (κ2) is 6.62. The highest BCUT2D eigenvalue weighted by atomic mass is 35.5. The summed E-state index contributed by atoms with van der Waals surface area (Å²) in [5.74, 6) is -0.404. The summed E-state index contributed by atoms with van der Waals surface area (Å²) in [6.07, 6.45) is 0.878. The molecule has 1 aliphatic rings. The summed E-state index contributed by atoms with van der Waals surface area (Å²) in [6, 6.07) is 0. The van der Waals surface area contributed by atoms with Gasteiger partial charge in [0, 0.05) is 6.54 Å². The SMILES string of the molecule is COC(=O)CN1CCCNCC1=O.Cl. The van der Waals surface area contributed by atoms with E-state index >= 15 is 0 Å². The van der Waals surface area contributed by atoms with E-state index in [9.17, 15) is 9.59 Å². The molecule has 0 saturated carbocycles. The monoisotopic (exact) mass is 222 g/mol. The van der Waals surface area contributed by atoms with Crippen LogP contribution in [0, 0.1) is 0 Å². The minimum Gasteiger partial charge on any atom is -0.468 e. The molecule has 1 fully saturated rings. The number of carbonyl (C=O) groups is 2. The fourth-order valence-corrected chi connectivity index (χ4v) is 1.21. The molecular formula is C8H15ClN2O3. The number of halogens is 1. The number of amides is 1. The Hall–Kier alpha value is -0.810. The summed E-state index contributed by atoms with van der Waals surface area (Å²) < 4.78 is 4.49. The van der Waals surface area contributed by atoms with Crippen LogP contribution < -0.4 is 5.32 Å². The normalized spacial score (nSPS) is 16.9. The lowest BCUT2D eigenvalue weighted by molar-refractivity contribution is -0.146. The predicted octanol–water partition coefficient (Wildman–Crippen LogP) is -0.597. The molecule has 0 aromatic heterocycles. The molecule has 5 nitrogen and oxygen atoms in total. The third kappa shape index (κ3) is 3.93. The molecular weight excluding hydrogens is 208 g/mol. The Morgan fingerprint density at radius 2 is 2.36 bits per heavy atom. The summed E-state index contributed by atoms with van der Waals surface area (Å²) in [5.41, 5.74) is 0. The first-order chi connectivity index (χ1) is 6.24. The lowest BCUT2D eigenvalue weighted by Gasteiger charge is -2.17. The lowest BCUT2D eigenvalue weighted by Crippen LogP contribution is -2.38. The summed E-state index contributed by atoms with van der Waals surface area (Å²) >= 11 is 0. The van der Waals surface area contributed by atoms with Gasteiger partial charge in [0.15, 0.2) is 0 Å². The number of ether oxygens (including phenoxy) is 1. The molecule has 0 atom stereocenters. The fraction of sp³-hybridized carbons (Fsp3) is 0.750. The molecule has 1 rings (SSSR count). The van der Waals surface area contributed by atoms with Gasteiger partial charge in [0.25, 0.3) is 0 Å². The van der Waals surface area contributed by atoms with Crippen LogP contribution in [0.25, 0.3) is 0 Å². The quantitative estimate of drug-likeness (QED) is 0.635. The van der Waals surface area contributed by atoms with Crippen LogP contribution in [0.2, 0.25) is 0 Å². The summed E-state index contributed by atoms with van der Waals surface area (Å²) in [6.45, 7) is 1.83. The van der Waals surface area contributed by atoms with E-state index in [0.29, 0.717) is 13.1 Å². The van der Waals surface area contributed by atoms with Crippen LogP contribution in [-0.4, -0.2) is 50.1 Å². The van der Waals surface area contributed by atoms with Crippen molar-refractivity contribution in [1.29, 1.82) is 0 Å². The molecule has 82 valence electrons. The van der Waals surface area contributed by atoms with Gasteiger partial charge in [-0.2, -0.15) is 0 Å². The maximum absolute atomic E-state index is 11.3. The van der Waals surface area contributed by atoms with E-state index in [2.05, 4.69) is 10.1 Å². The highest BCUT2D eigenvalue weighted by molar-refractivity contribution is 5.85. The highest BCUT2D eigenvalue weighted by Crippen LogP contribution is 1.96. The molecule has 0 bridgehead atoms. The van der Waals surface area contributed by atoms with Crippen molar-refractivity contribution in [2.24, 2.45) is 0 Å². The highest BCUT2D eigenvalue weighted by Gasteiger charge is 2.18. The number of nitrogens with one attached hydrogen (secondary N) is 1. The van der Waals surface area contributed by atoms with Gasteiger partial charge in [-0.1, -0.05) is 0 Å². The van der Waals surface area contributed by atoms with Gasteiger partial charge in [-0.3, -0.25) is 9.59 Å². The van der Waals surface area contributed by atoms with Crippen molar-refractivity contribution >= 4 is 24.3 Å². The zero-order chi connectivity index (χ0) is 9.68. The Kier molecular flexibility index (Phi) is 6.23. The lowest BCUT2D eigenvalue weighted by atomic mass is 10.4. The van der Waals surface area contributed by atoms with Crippen molar-refractivity contribution in [3.05, 3.63) is 0 Å². The zero-order valence-electron chi connectivity index (χ0n) is 8.12. The molecule has 0 spiro atoms. The van der Waals surface area contributed by atoms with Gasteiger partial charge >= 0.3 is 5.97 Å². The average Bonchev–Trinajstić information content (AvgIpc) is 2.32. The number of rotatable bonds is 2. The summed E-state index contributed by atoms with van der Waals surface area (Å²) in [4.78, 5) is 23.7. The van der Waals surface area contributed by atoms with Gasteiger partial charge in [-0.05, 0) is 13.0 Å². The van der Waals surface area contributed by atoms with Crippen molar-refractivity contribution in [1.82, 2.24) is 10.2 Å². The Morgan fingerprint density at radius 1 is 1.64 bits per heavy atom. The molecule has 0 aliphatic carbocycles. The Balaban J connectivity index is 0.00000169. The molecule has 1 saturated heterocycles. The predicted molar refractivity (Wildman–Crippen MR) is 53.3 cm³/mol. The van der Waals surface area contributed by atoms with E-state index in [0.717, 1.165) is 13.0 Å². The first-order valence-corrected chi connectivity index (χ1v) is 4.29. The van der Waals surface area contributed by atoms with Crippen molar-refractivity contribution in [3.8, 4) is 0 Å². The molecule has 14 heavy (non-hydrogen) atoms.